The summed E-state index contributed by atoms with van der Waals surface area (Å²) >= 11 is 1.64. The molecule has 0 aliphatic carbocycles. The molecule has 2 aromatic rings. The fourth-order valence-corrected chi connectivity index (χ4v) is 3.68. The van der Waals surface area contributed by atoms with Gasteiger partial charge < -0.3 is 10.6 Å². The summed E-state index contributed by atoms with van der Waals surface area (Å²) in [5.74, 6) is -0.0666. The van der Waals surface area contributed by atoms with E-state index in [0.29, 0.717) is 5.69 Å². The van der Waals surface area contributed by atoms with Gasteiger partial charge in [-0.25, -0.2) is 4.98 Å². The number of hydrogen-bond donors (Lipinski definition) is 2. The lowest BCUT2D eigenvalue weighted by Gasteiger charge is -2.23. The van der Waals surface area contributed by atoms with Crippen LogP contribution in [0.1, 0.15) is 29.0 Å². The van der Waals surface area contributed by atoms with Gasteiger partial charge in [-0.3, -0.25) is 9.20 Å². The average molecular weight is 373 g/mol. The third kappa shape index (κ3) is 3.35. The van der Waals surface area contributed by atoms with Gasteiger partial charge in [-0.1, -0.05) is 17.8 Å². The van der Waals surface area contributed by atoms with E-state index in [1.165, 1.54) is 0 Å². The molecule has 8 heteroatoms. The number of pyridine rings is 1. The molecule has 0 bridgehead atoms. The van der Waals surface area contributed by atoms with E-state index in [9.17, 15) is 4.79 Å². The lowest BCUT2D eigenvalue weighted by molar-refractivity contribution is 0.0925. The molecular weight excluding hydrogens is 355 g/mol. The van der Waals surface area contributed by atoms with E-state index in [1.54, 1.807) is 11.8 Å². The Bertz CT molecular complexity index is 740. The highest BCUT2D eigenvalue weighted by Gasteiger charge is 2.23. The molecule has 2 aliphatic rings. The third-order valence-corrected chi connectivity index (χ3v) is 4.78. The van der Waals surface area contributed by atoms with E-state index in [0.717, 1.165) is 42.3 Å². The predicted octanol–water partition coefficient (Wildman–Crippen LogP) is 2.74. The number of rotatable bonds is 2. The van der Waals surface area contributed by atoms with Gasteiger partial charge in [0.1, 0.15) is 5.65 Å². The van der Waals surface area contributed by atoms with Gasteiger partial charge in [0, 0.05) is 6.04 Å². The van der Waals surface area contributed by atoms with Gasteiger partial charge >= 0.3 is 0 Å². The molecule has 1 amide bonds. The molecular formula is C15H18Cl2N4OS. The van der Waals surface area contributed by atoms with Gasteiger partial charge in [0.05, 0.1) is 10.7 Å². The van der Waals surface area contributed by atoms with Crippen molar-refractivity contribution in [3.63, 3.8) is 0 Å². The van der Waals surface area contributed by atoms with Crippen LogP contribution in [0.15, 0.2) is 28.6 Å². The first-order chi connectivity index (χ1) is 10.3. The van der Waals surface area contributed by atoms with Gasteiger partial charge in [0.2, 0.25) is 0 Å². The van der Waals surface area contributed by atoms with Crippen molar-refractivity contribution in [1.82, 2.24) is 20.0 Å². The van der Waals surface area contributed by atoms with Crippen molar-refractivity contribution in [2.24, 2.45) is 0 Å². The topological polar surface area (TPSA) is 58.4 Å². The Morgan fingerprint density at radius 3 is 2.87 bits per heavy atom. The quantitative estimate of drug-likeness (QED) is 0.850. The number of aromatic nitrogens is 2. The molecule has 0 unspecified atom stereocenters. The summed E-state index contributed by atoms with van der Waals surface area (Å²) in [4.78, 5) is 17.1. The lowest BCUT2D eigenvalue weighted by atomic mass is 10.1. The van der Waals surface area contributed by atoms with Crippen molar-refractivity contribution < 1.29 is 4.79 Å². The standard InChI is InChI=1S/C15H16N4OS.2ClH/c20-15(17-10-4-7-16-8-5-10)14-11-6-9-21-13-3-1-2-12(18-14)19(11)13;;/h1-3,6,9-10,16H,4-5,7-8H2,(H,17,20);2*1H. The van der Waals surface area contributed by atoms with Crippen LogP contribution in [0.2, 0.25) is 0 Å². The van der Waals surface area contributed by atoms with Crippen LogP contribution in [0, 0.1) is 0 Å². The monoisotopic (exact) mass is 372 g/mol. The molecule has 0 radical (unpaired) electrons. The fourth-order valence-electron chi connectivity index (χ4n) is 2.89. The highest BCUT2D eigenvalue weighted by atomic mass is 35.5. The number of nitrogens with zero attached hydrogens (tertiary/aromatic N) is 2. The number of thioether (sulfide) groups is 1. The molecule has 0 aromatic carbocycles. The Morgan fingerprint density at radius 2 is 2.09 bits per heavy atom. The van der Waals surface area contributed by atoms with E-state index in [4.69, 9.17) is 0 Å². The first-order valence-corrected chi connectivity index (χ1v) is 8.07. The van der Waals surface area contributed by atoms with Crippen molar-refractivity contribution in [1.29, 1.82) is 0 Å². The van der Waals surface area contributed by atoms with Crippen molar-refractivity contribution in [3.8, 4) is 0 Å². The normalized spacial score (nSPS) is 16.5. The Morgan fingerprint density at radius 1 is 1.30 bits per heavy atom. The largest absolute Gasteiger partial charge is 0.348 e. The van der Waals surface area contributed by atoms with Crippen LogP contribution < -0.4 is 10.6 Å². The summed E-state index contributed by atoms with van der Waals surface area (Å²) in [5.41, 5.74) is 2.23. The molecule has 2 N–H and O–H groups in total. The molecule has 124 valence electrons. The predicted molar refractivity (Wildman–Crippen MR) is 97.9 cm³/mol. The number of piperidine rings is 1. The Labute approximate surface area is 151 Å². The molecule has 1 saturated heterocycles. The highest BCUT2D eigenvalue weighted by molar-refractivity contribution is 8.02. The maximum atomic E-state index is 12.5. The van der Waals surface area contributed by atoms with E-state index in [1.807, 2.05) is 34.1 Å². The van der Waals surface area contributed by atoms with Gasteiger partial charge in [0.15, 0.2) is 5.69 Å². The zero-order valence-corrected chi connectivity index (χ0v) is 14.8. The second-order valence-corrected chi connectivity index (χ2v) is 6.25. The minimum Gasteiger partial charge on any atom is -0.348 e. The van der Waals surface area contributed by atoms with Crippen LogP contribution >= 0.6 is 36.6 Å². The molecule has 0 spiro atoms. The van der Waals surface area contributed by atoms with Gasteiger partial charge in [-0.05, 0) is 49.5 Å². The minimum atomic E-state index is -0.0666. The molecule has 2 aliphatic heterocycles. The summed E-state index contributed by atoms with van der Waals surface area (Å²) in [6.45, 7) is 1.92. The molecule has 4 rings (SSSR count). The smallest absolute Gasteiger partial charge is 0.272 e. The zero-order valence-electron chi connectivity index (χ0n) is 12.3. The van der Waals surface area contributed by atoms with E-state index < -0.39 is 0 Å². The fraction of sp³-hybridized carbons (Fsp3) is 0.333. The first-order valence-electron chi connectivity index (χ1n) is 7.19. The van der Waals surface area contributed by atoms with Gasteiger partial charge in [-0.15, -0.1) is 24.8 Å². The molecule has 0 atom stereocenters. The van der Waals surface area contributed by atoms with Gasteiger partial charge in [0.25, 0.3) is 5.91 Å². The molecule has 0 saturated carbocycles. The lowest BCUT2D eigenvalue weighted by Crippen LogP contribution is -2.43. The Balaban J connectivity index is 0.000000960. The second-order valence-electron chi connectivity index (χ2n) is 5.32. The molecule has 2 aromatic heterocycles. The van der Waals surface area contributed by atoms with Gasteiger partial charge in [-0.2, -0.15) is 0 Å². The second kappa shape index (κ2) is 7.57. The van der Waals surface area contributed by atoms with Crippen LogP contribution in [-0.2, 0) is 0 Å². The number of nitrogens with one attached hydrogen (secondary N) is 2. The number of amides is 1. The van der Waals surface area contributed by atoms with Crippen molar-refractivity contribution in [3.05, 3.63) is 35.0 Å². The summed E-state index contributed by atoms with van der Waals surface area (Å²) in [5, 5.41) is 9.53. The van der Waals surface area contributed by atoms with E-state index in [-0.39, 0.29) is 36.8 Å². The molecule has 5 nitrogen and oxygen atoms in total. The Hall–Kier alpha value is -1.21. The molecule has 23 heavy (non-hydrogen) atoms. The highest BCUT2D eigenvalue weighted by Crippen LogP contribution is 2.30. The average Bonchev–Trinajstić information content (AvgIpc) is 2.90. The van der Waals surface area contributed by atoms with Crippen LogP contribution in [-0.4, -0.2) is 34.4 Å². The van der Waals surface area contributed by atoms with Crippen molar-refractivity contribution in [2.45, 2.75) is 23.9 Å². The zero-order chi connectivity index (χ0) is 14.2. The maximum absolute atomic E-state index is 12.5. The van der Waals surface area contributed by atoms with E-state index in [2.05, 4.69) is 15.6 Å². The van der Waals surface area contributed by atoms with Crippen LogP contribution in [0.4, 0.5) is 0 Å². The first kappa shape index (κ1) is 18.1. The number of carbonyl (C=O) groups excluding carboxylic acids is 1. The van der Waals surface area contributed by atoms with Crippen molar-refractivity contribution in [2.75, 3.05) is 13.1 Å². The SMILES string of the molecule is Cl.Cl.O=C(NC1CCNCC1)c1nc2cccc3n2c1C=CS3. The number of halogens is 2. The summed E-state index contributed by atoms with van der Waals surface area (Å²) in [6, 6.07) is 6.20. The van der Waals surface area contributed by atoms with Crippen molar-refractivity contribution >= 4 is 54.2 Å². The molecule has 4 heterocycles. The summed E-state index contributed by atoms with van der Waals surface area (Å²) < 4.78 is 2.04. The van der Waals surface area contributed by atoms with Crippen LogP contribution in [0.25, 0.3) is 11.7 Å². The number of imidazole rings is 1. The maximum Gasteiger partial charge on any atom is 0.272 e. The number of carbonyl (C=O) groups is 1. The Kier molecular flexibility index (Phi) is 5.97. The summed E-state index contributed by atoms with van der Waals surface area (Å²) in [6.07, 6.45) is 3.92. The van der Waals surface area contributed by atoms with E-state index >= 15 is 0 Å². The molecule has 1 fully saturated rings. The minimum absolute atomic E-state index is 0. The number of hydrogen-bond acceptors (Lipinski definition) is 4. The van der Waals surface area contributed by atoms with Crippen LogP contribution in [0.3, 0.4) is 0 Å². The summed E-state index contributed by atoms with van der Waals surface area (Å²) in [7, 11) is 0. The van der Waals surface area contributed by atoms with Crippen LogP contribution in [0.5, 0.6) is 0 Å². The third-order valence-electron chi connectivity index (χ3n) is 3.95.